The van der Waals surface area contributed by atoms with Crippen LogP contribution in [0.4, 0.5) is 0 Å². The van der Waals surface area contributed by atoms with Crippen molar-refractivity contribution in [3.05, 3.63) is 0 Å². The minimum absolute atomic E-state index is 0.137. The van der Waals surface area contributed by atoms with Crippen LogP contribution >= 0.6 is 0 Å². The van der Waals surface area contributed by atoms with Crippen LogP contribution in [0.5, 0.6) is 0 Å². The number of hydrogen-bond donors (Lipinski definition) is 0. The highest BCUT2D eigenvalue weighted by atomic mass is 28.4. The van der Waals surface area contributed by atoms with Gasteiger partial charge in [0.1, 0.15) is 0 Å². The molecule has 82 valence electrons. The number of carbonyl (C=O) groups is 1. The van der Waals surface area contributed by atoms with Crippen LogP contribution in [0.25, 0.3) is 0 Å². The van der Waals surface area contributed by atoms with Crippen LogP contribution in [0, 0.1) is 0 Å². The lowest BCUT2D eigenvalue weighted by atomic mass is 10.1. The van der Waals surface area contributed by atoms with Gasteiger partial charge in [0.25, 0.3) is 0 Å². The Labute approximate surface area is 86.9 Å². The lowest BCUT2D eigenvalue weighted by Crippen LogP contribution is -2.60. The second kappa shape index (κ2) is 3.43. The van der Waals surface area contributed by atoms with Gasteiger partial charge in [-0.2, -0.15) is 0 Å². The van der Waals surface area contributed by atoms with Gasteiger partial charge in [0, 0.05) is 0 Å². The van der Waals surface area contributed by atoms with E-state index in [1.165, 1.54) is 0 Å². The van der Waals surface area contributed by atoms with Gasteiger partial charge in [0.2, 0.25) is 0 Å². The molecule has 1 aliphatic heterocycles. The fourth-order valence-electron chi connectivity index (χ4n) is 1.12. The van der Waals surface area contributed by atoms with Gasteiger partial charge in [0.15, 0.2) is 20.2 Å². The van der Waals surface area contributed by atoms with E-state index in [-0.39, 0.29) is 5.04 Å². The van der Waals surface area contributed by atoms with Crippen LogP contribution in [-0.2, 0) is 14.0 Å². The summed E-state index contributed by atoms with van der Waals surface area (Å²) < 4.78 is 11.1. The Kier molecular flexibility index (Phi) is 2.91. The maximum atomic E-state index is 10.9. The number of ether oxygens (including phenoxy) is 1. The zero-order chi connectivity index (χ0) is 11.0. The largest absolute Gasteiger partial charge is 0.401 e. The molecular weight excluding hydrogens is 196 g/mol. The quantitative estimate of drug-likeness (QED) is 0.534. The molecule has 0 saturated carbocycles. The van der Waals surface area contributed by atoms with Crippen molar-refractivity contribution in [2.24, 2.45) is 0 Å². The van der Waals surface area contributed by atoms with E-state index in [1.807, 2.05) is 0 Å². The second-order valence-electron chi connectivity index (χ2n) is 5.54. The summed E-state index contributed by atoms with van der Waals surface area (Å²) in [6, 6.07) is 0. The Morgan fingerprint density at radius 3 is 2.07 bits per heavy atom. The number of aldehydes is 1. The highest BCUT2D eigenvalue weighted by Crippen LogP contribution is 2.40. The van der Waals surface area contributed by atoms with Crippen LogP contribution in [0.3, 0.4) is 0 Å². The predicted molar refractivity (Wildman–Crippen MR) is 57.9 cm³/mol. The smallest absolute Gasteiger partial charge is 0.193 e. The van der Waals surface area contributed by atoms with Gasteiger partial charge in [-0.3, -0.25) is 4.79 Å². The SMILES string of the molecule is CC(C)(C)[Si](C)(C)OC1(C=O)COC1. The number of hydrogen-bond acceptors (Lipinski definition) is 3. The van der Waals surface area contributed by atoms with E-state index in [4.69, 9.17) is 9.16 Å². The number of rotatable bonds is 3. The molecule has 0 atom stereocenters. The third-order valence-electron chi connectivity index (χ3n) is 3.17. The van der Waals surface area contributed by atoms with Gasteiger partial charge in [-0.15, -0.1) is 0 Å². The molecule has 0 aliphatic carbocycles. The summed E-state index contributed by atoms with van der Waals surface area (Å²) in [6.07, 6.45) is 0.900. The van der Waals surface area contributed by atoms with Crippen LogP contribution in [-0.4, -0.2) is 33.4 Å². The highest BCUT2D eigenvalue weighted by molar-refractivity contribution is 6.74. The summed E-state index contributed by atoms with van der Waals surface area (Å²) in [6.45, 7) is 11.6. The molecule has 0 N–H and O–H groups in total. The van der Waals surface area contributed by atoms with E-state index in [0.717, 1.165) is 6.29 Å². The predicted octanol–water partition coefficient (Wildman–Crippen LogP) is 1.98. The molecule has 14 heavy (non-hydrogen) atoms. The van der Waals surface area contributed by atoms with E-state index in [9.17, 15) is 4.79 Å². The van der Waals surface area contributed by atoms with Crippen molar-refractivity contribution < 1.29 is 14.0 Å². The average molecular weight is 216 g/mol. The van der Waals surface area contributed by atoms with E-state index in [2.05, 4.69) is 33.9 Å². The molecular formula is C10H20O3Si. The Bertz CT molecular complexity index is 226. The second-order valence-corrected chi connectivity index (χ2v) is 10.3. The molecule has 1 saturated heterocycles. The Morgan fingerprint density at radius 2 is 1.86 bits per heavy atom. The third kappa shape index (κ3) is 2.07. The molecule has 1 heterocycles. The Morgan fingerprint density at radius 1 is 1.36 bits per heavy atom. The molecule has 3 nitrogen and oxygen atoms in total. The van der Waals surface area contributed by atoms with E-state index in [0.29, 0.717) is 13.2 Å². The first-order valence-corrected chi connectivity index (χ1v) is 7.88. The topological polar surface area (TPSA) is 35.5 Å². The van der Waals surface area contributed by atoms with E-state index in [1.54, 1.807) is 0 Å². The van der Waals surface area contributed by atoms with Gasteiger partial charge in [-0.05, 0) is 18.1 Å². The Hall–Kier alpha value is -0.193. The number of carbonyl (C=O) groups excluding carboxylic acids is 1. The van der Waals surface area contributed by atoms with Gasteiger partial charge >= 0.3 is 0 Å². The lowest BCUT2D eigenvalue weighted by Gasteiger charge is -2.46. The molecule has 0 aromatic rings. The van der Waals surface area contributed by atoms with Gasteiger partial charge < -0.3 is 9.16 Å². The van der Waals surface area contributed by atoms with Crippen molar-refractivity contribution in [1.82, 2.24) is 0 Å². The van der Waals surface area contributed by atoms with Crippen molar-refractivity contribution in [1.29, 1.82) is 0 Å². The van der Waals surface area contributed by atoms with Gasteiger partial charge in [-0.1, -0.05) is 20.8 Å². The molecule has 0 amide bonds. The summed E-state index contributed by atoms with van der Waals surface area (Å²) in [5.41, 5.74) is -0.636. The van der Waals surface area contributed by atoms with Gasteiger partial charge in [-0.25, -0.2) is 0 Å². The molecule has 0 radical (unpaired) electrons. The summed E-state index contributed by atoms with van der Waals surface area (Å²) in [5, 5.41) is 0.137. The first-order valence-electron chi connectivity index (χ1n) is 4.97. The van der Waals surface area contributed by atoms with E-state index < -0.39 is 13.9 Å². The monoisotopic (exact) mass is 216 g/mol. The summed E-state index contributed by atoms with van der Waals surface area (Å²) in [4.78, 5) is 10.9. The zero-order valence-electron chi connectivity index (χ0n) is 9.72. The van der Waals surface area contributed by atoms with Crippen molar-refractivity contribution in [2.45, 2.75) is 44.5 Å². The molecule has 0 spiro atoms. The van der Waals surface area contributed by atoms with Crippen LogP contribution in [0.1, 0.15) is 20.8 Å². The van der Waals surface area contributed by atoms with Crippen LogP contribution in [0.2, 0.25) is 18.1 Å². The van der Waals surface area contributed by atoms with Crippen molar-refractivity contribution in [3.8, 4) is 0 Å². The Balaban J connectivity index is 2.71. The molecule has 1 fully saturated rings. The van der Waals surface area contributed by atoms with Crippen molar-refractivity contribution in [2.75, 3.05) is 13.2 Å². The first kappa shape index (κ1) is 11.9. The van der Waals surface area contributed by atoms with Crippen LogP contribution < -0.4 is 0 Å². The van der Waals surface area contributed by atoms with Crippen molar-refractivity contribution >= 4 is 14.6 Å². The fourth-order valence-corrected chi connectivity index (χ4v) is 2.60. The lowest BCUT2D eigenvalue weighted by molar-refractivity contribution is -0.171. The fraction of sp³-hybridized carbons (Fsp3) is 0.900. The molecule has 4 heteroatoms. The minimum Gasteiger partial charge on any atom is -0.401 e. The van der Waals surface area contributed by atoms with Crippen LogP contribution in [0.15, 0.2) is 0 Å². The summed E-state index contributed by atoms with van der Waals surface area (Å²) in [5.74, 6) is 0. The molecule has 1 rings (SSSR count). The average Bonchev–Trinajstić information content (AvgIpc) is 1.94. The maximum Gasteiger partial charge on any atom is 0.193 e. The molecule has 1 aliphatic rings. The summed E-state index contributed by atoms with van der Waals surface area (Å²) >= 11 is 0. The van der Waals surface area contributed by atoms with Crippen molar-refractivity contribution in [3.63, 3.8) is 0 Å². The third-order valence-corrected chi connectivity index (χ3v) is 7.70. The highest BCUT2D eigenvalue weighted by Gasteiger charge is 2.48. The maximum absolute atomic E-state index is 10.9. The molecule has 0 bridgehead atoms. The molecule has 0 aromatic heterocycles. The first-order chi connectivity index (χ1) is 6.22. The zero-order valence-corrected chi connectivity index (χ0v) is 10.7. The summed E-state index contributed by atoms with van der Waals surface area (Å²) in [7, 11) is -1.84. The normalized spacial score (nSPS) is 21.5. The molecule has 0 unspecified atom stereocenters. The van der Waals surface area contributed by atoms with E-state index >= 15 is 0 Å². The van der Waals surface area contributed by atoms with Gasteiger partial charge in [0.05, 0.1) is 13.2 Å². The minimum atomic E-state index is -1.84. The molecule has 0 aromatic carbocycles. The standard InChI is InChI=1S/C10H20O3Si/c1-9(2,3)14(4,5)13-10(6-11)7-12-8-10/h6H,7-8H2,1-5H3.